The minimum absolute atomic E-state index is 0.214. The Bertz CT molecular complexity index is 715. The molecule has 3 N–H and O–H groups in total. The van der Waals surface area contributed by atoms with E-state index in [0.29, 0.717) is 0 Å². The van der Waals surface area contributed by atoms with E-state index >= 15 is 0 Å². The predicted molar refractivity (Wildman–Crippen MR) is 106 cm³/mol. The van der Waals surface area contributed by atoms with Gasteiger partial charge in [0.2, 0.25) is 11.8 Å². The van der Waals surface area contributed by atoms with Crippen molar-refractivity contribution in [2.75, 3.05) is 13.7 Å². The molecule has 1 rings (SSSR count). The van der Waals surface area contributed by atoms with Gasteiger partial charge in [0, 0.05) is 6.42 Å². The van der Waals surface area contributed by atoms with Gasteiger partial charge in [0.15, 0.2) is 0 Å². The summed E-state index contributed by atoms with van der Waals surface area (Å²) in [5, 5.41) is 7.40. The molecule has 0 saturated heterocycles. The second-order valence-corrected chi connectivity index (χ2v) is 7.42. The molecule has 29 heavy (non-hydrogen) atoms. The smallest absolute Gasteiger partial charge is 0.408 e. The molecule has 0 aromatic heterocycles. The van der Waals surface area contributed by atoms with Crippen LogP contribution in [0.4, 0.5) is 4.79 Å². The third kappa shape index (κ3) is 9.59. The molecule has 0 spiro atoms. The van der Waals surface area contributed by atoms with Gasteiger partial charge in [-0.25, -0.2) is 9.59 Å². The Morgan fingerprint density at radius 3 is 2.21 bits per heavy atom. The first-order valence-corrected chi connectivity index (χ1v) is 9.20. The summed E-state index contributed by atoms with van der Waals surface area (Å²) in [6.07, 6.45) is -0.524. The van der Waals surface area contributed by atoms with Gasteiger partial charge in [-0.05, 0) is 33.3 Å². The summed E-state index contributed by atoms with van der Waals surface area (Å²) in [5.74, 6) is -1.72. The highest BCUT2D eigenvalue weighted by atomic mass is 16.6. The van der Waals surface area contributed by atoms with Gasteiger partial charge in [0.25, 0.3) is 0 Å². The Labute approximate surface area is 170 Å². The van der Waals surface area contributed by atoms with Gasteiger partial charge in [-0.3, -0.25) is 9.59 Å². The molecule has 0 aliphatic rings. The van der Waals surface area contributed by atoms with Crippen molar-refractivity contribution >= 4 is 23.9 Å². The van der Waals surface area contributed by atoms with Crippen LogP contribution in [0.3, 0.4) is 0 Å². The molecule has 1 aromatic rings. The van der Waals surface area contributed by atoms with Crippen LogP contribution >= 0.6 is 0 Å². The molecule has 9 heteroatoms. The van der Waals surface area contributed by atoms with Crippen LogP contribution in [0.2, 0.25) is 0 Å². The molecule has 0 aliphatic heterocycles. The molecule has 0 radical (unpaired) electrons. The lowest BCUT2D eigenvalue weighted by molar-refractivity contribution is -0.144. The van der Waals surface area contributed by atoms with Crippen molar-refractivity contribution in [1.29, 1.82) is 0 Å². The quantitative estimate of drug-likeness (QED) is 0.551. The first-order chi connectivity index (χ1) is 13.5. The van der Waals surface area contributed by atoms with E-state index in [-0.39, 0.29) is 13.0 Å². The van der Waals surface area contributed by atoms with Crippen molar-refractivity contribution in [3.8, 4) is 0 Å². The number of esters is 1. The van der Waals surface area contributed by atoms with Crippen LogP contribution in [0, 0.1) is 0 Å². The monoisotopic (exact) mass is 407 g/mol. The maximum absolute atomic E-state index is 12.6. The summed E-state index contributed by atoms with van der Waals surface area (Å²) in [5.41, 5.74) is 0.106. The van der Waals surface area contributed by atoms with E-state index in [2.05, 4.69) is 20.7 Å². The molecule has 9 nitrogen and oxygen atoms in total. The highest BCUT2D eigenvalue weighted by Crippen LogP contribution is 2.08. The lowest BCUT2D eigenvalue weighted by Crippen LogP contribution is -2.52. The highest BCUT2D eigenvalue weighted by Gasteiger charge is 2.25. The normalized spacial score (nSPS) is 12.9. The van der Waals surface area contributed by atoms with E-state index in [0.717, 1.165) is 5.56 Å². The second-order valence-electron chi connectivity index (χ2n) is 7.42. The molecule has 0 saturated carbocycles. The number of methoxy groups -OCH3 is 1. The topological polar surface area (TPSA) is 123 Å². The molecule has 0 unspecified atom stereocenters. The zero-order chi connectivity index (χ0) is 22.0. The predicted octanol–water partition coefficient (Wildman–Crippen LogP) is 0.916. The van der Waals surface area contributed by atoms with Crippen LogP contribution in [0.15, 0.2) is 30.3 Å². The van der Waals surface area contributed by atoms with Crippen molar-refractivity contribution in [3.63, 3.8) is 0 Å². The number of hydrogen-bond acceptors (Lipinski definition) is 6. The van der Waals surface area contributed by atoms with E-state index in [1.165, 1.54) is 14.0 Å². The van der Waals surface area contributed by atoms with Crippen molar-refractivity contribution in [2.24, 2.45) is 0 Å². The van der Waals surface area contributed by atoms with Crippen molar-refractivity contribution in [2.45, 2.75) is 51.8 Å². The number of alkyl carbamates (subject to hydrolysis) is 1. The van der Waals surface area contributed by atoms with Gasteiger partial charge in [-0.1, -0.05) is 30.3 Å². The van der Waals surface area contributed by atoms with E-state index in [1.807, 2.05) is 30.3 Å². The number of rotatable bonds is 8. The Kier molecular flexibility index (Phi) is 9.11. The Balaban J connectivity index is 2.73. The zero-order valence-corrected chi connectivity index (χ0v) is 17.4. The first kappa shape index (κ1) is 23.9. The van der Waals surface area contributed by atoms with Crippen molar-refractivity contribution in [1.82, 2.24) is 16.0 Å². The standard InChI is InChI=1S/C20H29N3O6/c1-13(18(26)28-5)22-16(24)12-21-17(25)15(11-14-9-7-6-8-10-14)23-19(27)29-20(2,3)4/h6-10,13,15H,11-12H2,1-5H3,(H,21,25)(H,22,24)(H,23,27)/t13-,15-/m0/s1. The van der Waals surface area contributed by atoms with Gasteiger partial charge >= 0.3 is 12.1 Å². The summed E-state index contributed by atoms with van der Waals surface area (Å²) in [6.45, 7) is 6.25. The number of amides is 3. The summed E-state index contributed by atoms with van der Waals surface area (Å²) >= 11 is 0. The third-order valence-electron chi connectivity index (χ3n) is 3.65. The Morgan fingerprint density at radius 1 is 1.03 bits per heavy atom. The van der Waals surface area contributed by atoms with Gasteiger partial charge in [0.1, 0.15) is 17.7 Å². The summed E-state index contributed by atoms with van der Waals surface area (Å²) in [4.78, 5) is 48.0. The third-order valence-corrected chi connectivity index (χ3v) is 3.65. The molecule has 1 aromatic carbocycles. The van der Waals surface area contributed by atoms with Crippen molar-refractivity contribution < 1.29 is 28.7 Å². The number of nitrogens with one attached hydrogen (secondary N) is 3. The average molecular weight is 407 g/mol. The van der Waals surface area contributed by atoms with Crippen LogP contribution in [-0.4, -0.2) is 55.2 Å². The van der Waals surface area contributed by atoms with E-state index < -0.39 is 41.6 Å². The fourth-order valence-electron chi connectivity index (χ4n) is 2.33. The number of carbonyl (C=O) groups is 4. The van der Waals surface area contributed by atoms with Crippen LogP contribution in [0.1, 0.15) is 33.3 Å². The fraction of sp³-hybridized carbons (Fsp3) is 0.500. The maximum atomic E-state index is 12.6. The zero-order valence-electron chi connectivity index (χ0n) is 17.4. The van der Waals surface area contributed by atoms with Crippen LogP contribution in [0.25, 0.3) is 0 Å². The number of carbonyl (C=O) groups excluding carboxylic acids is 4. The number of ether oxygens (including phenoxy) is 2. The summed E-state index contributed by atoms with van der Waals surface area (Å²) in [7, 11) is 1.21. The van der Waals surface area contributed by atoms with Crippen LogP contribution in [-0.2, 0) is 30.3 Å². The number of benzene rings is 1. The Morgan fingerprint density at radius 2 is 1.66 bits per heavy atom. The maximum Gasteiger partial charge on any atom is 0.408 e. The first-order valence-electron chi connectivity index (χ1n) is 9.20. The molecular weight excluding hydrogens is 378 g/mol. The molecular formula is C20H29N3O6. The van der Waals surface area contributed by atoms with Gasteiger partial charge in [0.05, 0.1) is 13.7 Å². The molecule has 2 atom stereocenters. The molecule has 3 amide bonds. The van der Waals surface area contributed by atoms with E-state index in [4.69, 9.17) is 4.74 Å². The summed E-state index contributed by atoms with van der Waals surface area (Å²) < 4.78 is 9.74. The van der Waals surface area contributed by atoms with E-state index in [1.54, 1.807) is 20.8 Å². The van der Waals surface area contributed by atoms with Gasteiger partial charge < -0.3 is 25.4 Å². The SMILES string of the molecule is COC(=O)[C@H](C)NC(=O)CNC(=O)[C@H](Cc1ccccc1)NC(=O)OC(C)(C)C. The Hall–Kier alpha value is -3.10. The fourth-order valence-corrected chi connectivity index (χ4v) is 2.33. The van der Waals surface area contributed by atoms with Crippen molar-refractivity contribution in [3.05, 3.63) is 35.9 Å². The molecule has 0 heterocycles. The van der Waals surface area contributed by atoms with E-state index in [9.17, 15) is 19.2 Å². The molecule has 0 aliphatic carbocycles. The van der Waals surface area contributed by atoms with Gasteiger partial charge in [-0.2, -0.15) is 0 Å². The molecule has 160 valence electrons. The van der Waals surface area contributed by atoms with Gasteiger partial charge in [-0.15, -0.1) is 0 Å². The molecule has 0 bridgehead atoms. The largest absolute Gasteiger partial charge is 0.467 e. The lowest BCUT2D eigenvalue weighted by atomic mass is 10.1. The minimum Gasteiger partial charge on any atom is -0.467 e. The summed E-state index contributed by atoms with van der Waals surface area (Å²) in [6, 6.07) is 7.33. The average Bonchev–Trinajstić information content (AvgIpc) is 2.64. The highest BCUT2D eigenvalue weighted by molar-refractivity contribution is 5.91. The lowest BCUT2D eigenvalue weighted by Gasteiger charge is -2.23. The minimum atomic E-state index is -0.946. The second kappa shape index (κ2) is 11.0. The molecule has 0 fully saturated rings. The van der Waals surface area contributed by atoms with Crippen LogP contribution in [0.5, 0.6) is 0 Å². The number of hydrogen-bond donors (Lipinski definition) is 3. The van der Waals surface area contributed by atoms with Crippen LogP contribution < -0.4 is 16.0 Å².